The molecule has 1 aromatic carbocycles. The Morgan fingerprint density at radius 2 is 2.14 bits per heavy atom. The monoisotopic (exact) mass is 332 g/mol. The average Bonchev–Trinajstić information content (AvgIpc) is 3.24. The summed E-state index contributed by atoms with van der Waals surface area (Å²) >= 11 is 12.0. The van der Waals surface area contributed by atoms with Gasteiger partial charge in [0.2, 0.25) is 0 Å². The molecule has 1 unspecified atom stereocenters. The first-order valence-electron chi connectivity index (χ1n) is 7.68. The Bertz CT molecular complexity index is 452. The fourth-order valence-corrected chi connectivity index (χ4v) is 2.87. The molecule has 2 rings (SSSR count). The molecule has 1 aliphatic carbocycles. The lowest BCUT2D eigenvalue weighted by molar-refractivity contribution is -0.905. The molecule has 2 atom stereocenters. The Morgan fingerprint density at radius 1 is 1.38 bits per heavy atom. The minimum Gasteiger partial charge on any atom is -0.489 e. The van der Waals surface area contributed by atoms with Gasteiger partial charge in [-0.3, -0.25) is 0 Å². The van der Waals surface area contributed by atoms with Gasteiger partial charge < -0.3 is 14.7 Å². The lowest BCUT2D eigenvalue weighted by Gasteiger charge is -2.22. The van der Waals surface area contributed by atoms with Gasteiger partial charge in [-0.1, -0.05) is 30.1 Å². The van der Waals surface area contributed by atoms with Gasteiger partial charge in [-0.25, -0.2) is 0 Å². The molecule has 0 aliphatic heterocycles. The summed E-state index contributed by atoms with van der Waals surface area (Å²) in [5.74, 6) is 1.39. The third kappa shape index (κ3) is 6.03. The lowest BCUT2D eigenvalue weighted by atomic mass is 10.2. The van der Waals surface area contributed by atoms with Crippen LogP contribution in [-0.2, 0) is 0 Å². The second-order valence-corrected chi connectivity index (χ2v) is 6.73. The van der Waals surface area contributed by atoms with Crippen molar-refractivity contribution < 1.29 is 14.7 Å². The van der Waals surface area contributed by atoms with E-state index in [0.717, 1.165) is 25.4 Å². The fraction of sp³-hybridized carbons (Fsp3) is 0.625. The SMILES string of the molecule is CCC[NH+](CC1CC1)C[C@@H](O)COc1cc(Cl)ccc1Cl. The van der Waals surface area contributed by atoms with Crippen LogP contribution in [-0.4, -0.2) is 37.5 Å². The first-order chi connectivity index (χ1) is 10.1. The van der Waals surface area contributed by atoms with Crippen LogP contribution in [0.5, 0.6) is 5.75 Å². The molecule has 1 aliphatic rings. The predicted octanol–water partition coefficient (Wildman–Crippen LogP) is 2.44. The van der Waals surface area contributed by atoms with Crippen LogP contribution in [0.25, 0.3) is 0 Å². The Kier molecular flexibility index (Phi) is 6.62. The number of quaternary nitrogens is 1. The van der Waals surface area contributed by atoms with Crippen LogP contribution in [0, 0.1) is 5.92 Å². The number of benzene rings is 1. The van der Waals surface area contributed by atoms with Crippen molar-refractivity contribution in [2.45, 2.75) is 32.3 Å². The maximum absolute atomic E-state index is 10.2. The summed E-state index contributed by atoms with van der Waals surface area (Å²) < 4.78 is 5.60. The average molecular weight is 333 g/mol. The van der Waals surface area contributed by atoms with Crippen molar-refractivity contribution in [1.29, 1.82) is 0 Å². The minimum absolute atomic E-state index is 0.248. The van der Waals surface area contributed by atoms with E-state index in [4.69, 9.17) is 27.9 Å². The summed E-state index contributed by atoms with van der Waals surface area (Å²) in [6.07, 6.45) is 3.34. The van der Waals surface area contributed by atoms with E-state index in [-0.39, 0.29) is 6.61 Å². The van der Waals surface area contributed by atoms with Crippen molar-refractivity contribution in [1.82, 2.24) is 0 Å². The highest BCUT2D eigenvalue weighted by Gasteiger charge is 2.27. The van der Waals surface area contributed by atoms with E-state index in [1.807, 2.05) is 0 Å². The van der Waals surface area contributed by atoms with Crippen molar-refractivity contribution in [3.63, 3.8) is 0 Å². The van der Waals surface area contributed by atoms with Gasteiger partial charge in [0.1, 0.15) is 25.0 Å². The largest absolute Gasteiger partial charge is 0.489 e. The number of nitrogens with one attached hydrogen (secondary N) is 1. The summed E-state index contributed by atoms with van der Waals surface area (Å²) in [6, 6.07) is 5.10. The van der Waals surface area contributed by atoms with Gasteiger partial charge in [0.05, 0.1) is 18.1 Å². The standard InChI is InChI=1S/C16H23Cl2NO2/c1-2-7-19(9-12-3-4-12)10-14(20)11-21-16-8-13(17)5-6-15(16)18/h5-6,8,12,14,20H,2-4,7,9-11H2,1H3/p+1/t14-/m1/s1. The normalized spacial score (nSPS) is 17.5. The lowest BCUT2D eigenvalue weighted by Crippen LogP contribution is -3.13. The van der Waals surface area contributed by atoms with Crippen LogP contribution < -0.4 is 9.64 Å². The molecule has 1 fully saturated rings. The Hall–Kier alpha value is -0.480. The van der Waals surface area contributed by atoms with Gasteiger partial charge in [0.15, 0.2) is 0 Å². The van der Waals surface area contributed by atoms with E-state index >= 15 is 0 Å². The van der Waals surface area contributed by atoms with Crippen LogP contribution >= 0.6 is 23.2 Å². The molecule has 1 saturated carbocycles. The molecule has 0 saturated heterocycles. The smallest absolute Gasteiger partial charge is 0.139 e. The Morgan fingerprint density at radius 3 is 2.81 bits per heavy atom. The summed E-state index contributed by atoms with van der Waals surface area (Å²) in [4.78, 5) is 1.47. The van der Waals surface area contributed by atoms with Gasteiger partial charge in [0.25, 0.3) is 0 Å². The van der Waals surface area contributed by atoms with Crippen molar-refractivity contribution in [3.8, 4) is 5.75 Å². The molecule has 0 amide bonds. The summed E-state index contributed by atoms with van der Waals surface area (Å²) in [6.45, 7) is 5.43. The highest BCUT2D eigenvalue weighted by Crippen LogP contribution is 2.28. The minimum atomic E-state index is -0.486. The van der Waals surface area contributed by atoms with Crippen molar-refractivity contribution in [3.05, 3.63) is 28.2 Å². The number of rotatable bonds is 9. The highest BCUT2D eigenvalue weighted by atomic mass is 35.5. The van der Waals surface area contributed by atoms with Crippen molar-refractivity contribution >= 4 is 23.2 Å². The third-order valence-electron chi connectivity index (χ3n) is 3.73. The van der Waals surface area contributed by atoms with E-state index in [1.165, 1.54) is 24.3 Å². The summed E-state index contributed by atoms with van der Waals surface area (Å²) in [5, 5.41) is 11.3. The van der Waals surface area contributed by atoms with Gasteiger partial charge in [0, 0.05) is 17.0 Å². The zero-order valence-electron chi connectivity index (χ0n) is 12.4. The van der Waals surface area contributed by atoms with Gasteiger partial charge in [-0.05, 0) is 31.4 Å². The molecule has 0 radical (unpaired) electrons. The number of ether oxygens (including phenoxy) is 1. The Labute approximate surface area is 136 Å². The third-order valence-corrected chi connectivity index (χ3v) is 4.27. The molecule has 1 aromatic rings. The van der Waals surface area contributed by atoms with E-state index in [0.29, 0.717) is 15.8 Å². The number of hydrogen-bond donors (Lipinski definition) is 2. The molecular formula is C16H24Cl2NO2+. The first-order valence-corrected chi connectivity index (χ1v) is 8.43. The number of aliphatic hydroxyl groups is 1. The molecular weight excluding hydrogens is 309 g/mol. The molecule has 3 nitrogen and oxygen atoms in total. The number of aliphatic hydroxyl groups excluding tert-OH is 1. The summed E-state index contributed by atoms with van der Waals surface area (Å²) in [5.41, 5.74) is 0. The van der Waals surface area contributed by atoms with Gasteiger partial charge in [-0.15, -0.1) is 0 Å². The van der Waals surface area contributed by atoms with Crippen molar-refractivity contribution in [2.75, 3.05) is 26.2 Å². The topological polar surface area (TPSA) is 33.9 Å². The highest BCUT2D eigenvalue weighted by molar-refractivity contribution is 6.34. The molecule has 118 valence electrons. The first kappa shape index (κ1) is 16.9. The van der Waals surface area contributed by atoms with Crippen LogP contribution in [0.2, 0.25) is 10.0 Å². The zero-order valence-corrected chi connectivity index (χ0v) is 14.0. The molecule has 0 spiro atoms. The quantitative estimate of drug-likeness (QED) is 0.728. The van der Waals surface area contributed by atoms with Crippen molar-refractivity contribution in [2.24, 2.45) is 5.92 Å². The molecule has 21 heavy (non-hydrogen) atoms. The summed E-state index contributed by atoms with van der Waals surface area (Å²) in [7, 11) is 0. The maximum Gasteiger partial charge on any atom is 0.139 e. The van der Waals surface area contributed by atoms with Gasteiger partial charge >= 0.3 is 0 Å². The second kappa shape index (κ2) is 8.23. The predicted molar refractivity (Wildman–Crippen MR) is 86.5 cm³/mol. The maximum atomic E-state index is 10.2. The molecule has 0 aromatic heterocycles. The molecule has 0 heterocycles. The molecule has 5 heteroatoms. The number of halogens is 2. The van der Waals surface area contributed by atoms with E-state index in [9.17, 15) is 5.11 Å². The van der Waals surface area contributed by atoms with Crippen LogP contribution in [0.3, 0.4) is 0 Å². The molecule has 0 bridgehead atoms. The Balaban J connectivity index is 1.79. The van der Waals surface area contributed by atoms with E-state index < -0.39 is 6.10 Å². The number of hydrogen-bond acceptors (Lipinski definition) is 2. The second-order valence-electron chi connectivity index (χ2n) is 5.89. The zero-order chi connectivity index (χ0) is 15.2. The fourth-order valence-electron chi connectivity index (χ4n) is 2.54. The van der Waals surface area contributed by atoms with Crippen LogP contribution in [0.1, 0.15) is 26.2 Å². The van der Waals surface area contributed by atoms with E-state index in [2.05, 4.69) is 6.92 Å². The van der Waals surface area contributed by atoms with Gasteiger partial charge in [-0.2, -0.15) is 0 Å². The van der Waals surface area contributed by atoms with Crippen LogP contribution in [0.4, 0.5) is 0 Å². The molecule has 2 N–H and O–H groups in total. The van der Waals surface area contributed by atoms with Crippen LogP contribution in [0.15, 0.2) is 18.2 Å². The van der Waals surface area contributed by atoms with E-state index in [1.54, 1.807) is 18.2 Å².